The van der Waals surface area contributed by atoms with Crippen LogP contribution in [0.1, 0.15) is 10.6 Å². The van der Waals surface area contributed by atoms with Crippen LogP contribution in [-0.4, -0.2) is 17.2 Å². The Kier molecular flexibility index (Phi) is 4.63. The molecule has 0 spiro atoms. The highest BCUT2D eigenvalue weighted by atomic mass is 35.5. The first kappa shape index (κ1) is 16.6. The van der Waals surface area contributed by atoms with E-state index in [1.165, 1.54) is 18.4 Å². The second-order valence-corrected chi connectivity index (χ2v) is 6.73. The monoisotopic (exact) mass is 376 g/mol. The minimum atomic E-state index is -0.135. The number of ether oxygens (including phenoxy) is 1. The summed E-state index contributed by atoms with van der Waals surface area (Å²) >= 11 is 13.4. The van der Waals surface area contributed by atoms with Crippen molar-refractivity contribution in [3.05, 3.63) is 50.9 Å². The lowest BCUT2D eigenvalue weighted by Crippen LogP contribution is -1.87. The lowest BCUT2D eigenvalue weighted by Gasteiger charge is -2.06. The Morgan fingerprint density at radius 3 is 2.83 bits per heavy atom. The molecule has 120 valence electrons. The Hall–Kier alpha value is -2.26. The van der Waals surface area contributed by atoms with Crippen molar-refractivity contribution in [3.63, 3.8) is 0 Å². The van der Waals surface area contributed by atoms with Crippen LogP contribution in [-0.2, 0) is 0 Å². The van der Waals surface area contributed by atoms with E-state index in [-0.39, 0.29) is 16.5 Å². The van der Waals surface area contributed by atoms with Crippen LogP contribution in [0.4, 0.5) is 0 Å². The zero-order chi connectivity index (χ0) is 17.3. The minimum absolute atomic E-state index is 0.135. The molecule has 0 radical (unpaired) electrons. The summed E-state index contributed by atoms with van der Waals surface area (Å²) in [5.41, 5.74) is 1.75. The number of allylic oxidation sites excluding steroid dienone is 1. The van der Waals surface area contributed by atoms with Crippen LogP contribution in [0.3, 0.4) is 0 Å². The quantitative estimate of drug-likeness (QED) is 0.622. The van der Waals surface area contributed by atoms with E-state index in [9.17, 15) is 10.4 Å². The van der Waals surface area contributed by atoms with E-state index in [2.05, 4.69) is 11.1 Å². The van der Waals surface area contributed by atoms with E-state index in [0.29, 0.717) is 21.2 Å². The molecule has 3 rings (SSSR count). The molecule has 0 atom stereocenters. The largest absolute Gasteiger partial charge is 0.503 e. The van der Waals surface area contributed by atoms with Crippen LogP contribution in [0.5, 0.6) is 11.5 Å². The van der Waals surface area contributed by atoms with Crippen molar-refractivity contribution >= 4 is 56.4 Å². The van der Waals surface area contributed by atoms with Crippen LogP contribution in [0.2, 0.25) is 10.0 Å². The summed E-state index contributed by atoms with van der Waals surface area (Å²) in [6.07, 6.45) is 1.65. The molecule has 2 aromatic carbocycles. The van der Waals surface area contributed by atoms with Crippen LogP contribution >= 0.6 is 34.5 Å². The predicted octanol–water partition coefficient (Wildman–Crippen LogP) is 5.38. The first-order valence-corrected chi connectivity index (χ1v) is 8.34. The van der Waals surface area contributed by atoms with Crippen molar-refractivity contribution in [2.75, 3.05) is 7.11 Å². The summed E-state index contributed by atoms with van der Waals surface area (Å²) in [7, 11) is 1.43. The number of rotatable bonds is 3. The molecule has 0 aliphatic rings. The fraction of sp³-hybridized carbons (Fsp3) is 0.0588. The Balaban J connectivity index is 2.09. The van der Waals surface area contributed by atoms with Crippen molar-refractivity contribution in [1.29, 1.82) is 5.26 Å². The summed E-state index contributed by atoms with van der Waals surface area (Å²) < 4.78 is 6.02. The molecular formula is C17H10Cl2N2O2S. The molecule has 0 saturated carbocycles. The molecule has 24 heavy (non-hydrogen) atoms. The number of benzene rings is 2. The molecule has 1 heterocycles. The Morgan fingerprint density at radius 2 is 2.12 bits per heavy atom. The van der Waals surface area contributed by atoms with Gasteiger partial charge in [-0.05, 0) is 42.0 Å². The minimum Gasteiger partial charge on any atom is -0.503 e. The van der Waals surface area contributed by atoms with E-state index in [1.807, 2.05) is 6.07 Å². The number of fused-ring (bicyclic) bond motifs is 1. The molecule has 7 heteroatoms. The van der Waals surface area contributed by atoms with E-state index >= 15 is 0 Å². The molecule has 0 amide bonds. The van der Waals surface area contributed by atoms with E-state index in [4.69, 9.17) is 27.9 Å². The highest BCUT2D eigenvalue weighted by molar-refractivity contribution is 7.19. The van der Waals surface area contributed by atoms with E-state index < -0.39 is 0 Å². The SMILES string of the molecule is COc1cc(/C=C(\C#N)c2nc3cc(Cl)ccc3s2)cc(Cl)c1O. The van der Waals surface area contributed by atoms with Gasteiger partial charge in [-0.1, -0.05) is 23.2 Å². The molecule has 0 fully saturated rings. The van der Waals surface area contributed by atoms with Crippen LogP contribution in [0.15, 0.2) is 30.3 Å². The van der Waals surface area contributed by atoms with Crippen molar-refractivity contribution in [2.24, 2.45) is 0 Å². The van der Waals surface area contributed by atoms with Crippen LogP contribution < -0.4 is 4.74 Å². The Bertz CT molecular complexity index is 1010. The number of hydrogen-bond acceptors (Lipinski definition) is 5. The van der Waals surface area contributed by atoms with E-state index in [0.717, 1.165) is 10.2 Å². The summed E-state index contributed by atoms with van der Waals surface area (Å²) in [4.78, 5) is 4.45. The number of aromatic hydroxyl groups is 1. The van der Waals surface area contributed by atoms with Gasteiger partial charge in [-0.3, -0.25) is 0 Å². The third-order valence-electron chi connectivity index (χ3n) is 3.28. The third kappa shape index (κ3) is 3.17. The molecule has 1 aromatic heterocycles. The third-order valence-corrected chi connectivity index (χ3v) is 4.88. The van der Waals surface area contributed by atoms with Gasteiger partial charge in [0, 0.05) is 5.02 Å². The number of phenolic OH excluding ortho intramolecular Hbond substituents is 1. The van der Waals surface area contributed by atoms with Gasteiger partial charge in [0.1, 0.15) is 11.1 Å². The first-order valence-electron chi connectivity index (χ1n) is 6.76. The molecule has 4 nitrogen and oxygen atoms in total. The zero-order valence-electron chi connectivity index (χ0n) is 12.4. The number of nitrogens with zero attached hydrogens (tertiary/aromatic N) is 2. The van der Waals surface area contributed by atoms with Crippen LogP contribution in [0.25, 0.3) is 21.9 Å². The van der Waals surface area contributed by atoms with Gasteiger partial charge in [0.25, 0.3) is 0 Å². The van der Waals surface area contributed by atoms with Gasteiger partial charge in [-0.2, -0.15) is 5.26 Å². The molecule has 0 saturated heterocycles. The zero-order valence-corrected chi connectivity index (χ0v) is 14.7. The van der Waals surface area contributed by atoms with Crippen molar-refractivity contribution in [2.45, 2.75) is 0 Å². The fourth-order valence-electron chi connectivity index (χ4n) is 2.16. The van der Waals surface area contributed by atoms with Gasteiger partial charge in [0.15, 0.2) is 11.5 Å². The van der Waals surface area contributed by atoms with Crippen molar-refractivity contribution < 1.29 is 9.84 Å². The highest BCUT2D eigenvalue weighted by Crippen LogP contribution is 2.36. The average molecular weight is 377 g/mol. The second kappa shape index (κ2) is 6.70. The summed E-state index contributed by atoms with van der Waals surface area (Å²) in [6.45, 7) is 0. The second-order valence-electron chi connectivity index (χ2n) is 4.85. The van der Waals surface area contributed by atoms with Crippen molar-refractivity contribution in [3.8, 4) is 17.6 Å². The van der Waals surface area contributed by atoms with Gasteiger partial charge >= 0.3 is 0 Å². The molecule has 1 N–H and O–H groups in total. The number of phenols is 1. The number of aromatic nitrogens is 1. The lowest BCUT2D eigenvalue weighted by molar-refractivity contribution is 0.373. The molecule has 0 aliphatic carbocycles. The van der Waals surface area contributed by atoms with E-state index in [1.54, 1.807) is 30.3 Å². The lowest BCUT2D eigenvalue weighted by atomic mass is 10.1. The van der Waals surface area contributed by atoms with Gasteiger partial charge in [-0.15, -0.1) is 11.3 Å². The maximum Gasteiger partial charge on any atom is 0.176 e. The molecular weight excluding hydrogens is 367 g/mol. The van der Waals surface area contributed by atoms with Crippen LogP contribution in [0, 0.1) is 11.3 Å². The van der Waals surface area contributed by atoms with Gasteiger partial charge in [-0.25, -0.2) is 4.98 Å². The maximum absolute atomic E-state index is 9.79. The van der Waals surface area contributed by atoms with Gasteiger partial charge in [0.05, 0.1) is 27.9 Å². The van der Waals surface area contributed by atoms with Gasteiger partial charge in [0.2, 0.25) is 0 Å². The Morgan fingerprint density at radius 1 is 1.33 bits per heavy atom. The molecule has 0 bridgehead atoms. The topological polar surface area (TPSA) is 66.1 Å². The first-order chi connectivity index (χ1) is 11.5. The Labute approximate surface area is 152 Å². The fourth-order valence-corrected chi connectivity index (χ4v) is 3.45. The highest BCUT2D eigenvalue weighted by Gasteiger charge is 2.12. The molecule has 3 aromatic rings. The predicted molar refractivity (Wildman–Crippen MR) is 97.8 cm³/mol. The number of nitriles is 1. The number of thiazole rings is 1. The van der Waals surface area contributed by atoms with Crippen molar-refractivity contribution in [1.82, 2.24) is 4.98 Å². The molecule has 0 unspecified atom stereocenters. The number of halogens is 2. The average Bonchev–Trinajstić information content (AvgIpc) is 2.98. The summed E-state index contributed by atoms with van der Waals surface area (Å²) in [5.74, 6) is 0.103. The standard InChI is InChI=1S/C17H10Cl2N2O2S/c1-23-14-6-9(5-12(19)16(14)22)4-10(8-20)17-21-13-7-11(18)2-3-15(13)24-17/h2-7,22H,1H3/b10-4+. The summed E-state index contributed by atoms with van der Waals surface area (Å²) in [5, 5.41) is 20.6. The maximum atomic E-state index is 9.79. The number of hydrogen-bond donors (Lipinski definition) is 1. The summed E-state index contributed by atoms with van der Waals surface area (Å²) in [6, 6.07) is 10.7. The smallest absolute Gasteiger partial charge is 0.176 e. The van der Waals surface area contributed by atoms with Gasteiger partial charge < -0.3 is 9.84 Å². The normalized spacial score (nSPS) is 11.5. The molecule has 0 aliphatic heterocycles. The number of methoxy groups -OCH3 is 1.